The van der Waals surface area contributed by atoms with Crippen molar-refractivity contribution >= 4 is 50.2 Å². The molecule has 1 N–H and O–H groups in total. The zero-order chi connectivity index (χ0) is 21.8. The molecule has 158 valence electrons. The van der Waals surface area contributed by atoms with Crippen LogP contribution >= 0.6 is 23.1 Å². The molecule has 8 heteroatoms. The Morgan fingerprint density at radius 3 is 2.68 bits per heavy atom. The Hall–Kier alpha value is -2.97. The number of amides is 1. The van der Waals surface area contributed by atoms with Gasteiger partial charge >= 0.3 is 0 Å². The van der Waals surface area contributed by atoms with Gasteiger partial charge in [-0.3, -0.25) is 4.79 Å². The van der Waals surface area contributed by atoms with Gasteiger partial charge in [0.05, 0.1) is 5.75 Å². The Morgan fingerprint density at radius 2 is 1.90 bits per heavy atom. The average Bonchev–Trinajstić information content (AvgIpc) is 3.21. The molecule has 31 heavy (non-hydrogen) atoms. The second kappa shape index (κ2) is 9.45. The van der Waals surface area contributed by atoms with Gasteiger partial charge in [0, 0.05) is 19.3 Å². The van der Waals surface area contributed by atoms with Crippen molar-refractivity contribution < 1.29 is 4.79 Å². The van der Waals surface area contributed by atoms with Crippen LogP contribution in [0.15, 0.2) is 59.9 Å². The van der Waals surface area contributed by atoms with Gasteiger partial charge in [0.2, 0.25) is 5.91 Å². The first kappa shape index (κ1) is 21.3. The number of hydrogen-bond donors (Lipinski definition) is 1. The predicted molar refractivity (Wildman–Crippen MR) is 129 cm³/mol. The van der Waals surface area contributed by atoms with E-state index < -0.39 is 0 Å². The van der Waals surface area contributed by atoms with Gasteiger partial charge in [-0.25, -0.2) is 9.97 Å². The van der Waals surface area contributed by atoms with Crippen molar-refractivity contribution in [2.75, 3.05) is 23.0 Å². The number of nitrogens with zero attached hydrogens (tertiary/aromatic N) is 4. The summed E-state index contributed by atoms with van der Waals surface area (Å²) in [6.07, 6.45) is 1.51. The maximum Gasteiger partial charge on any atom is 0.234 e. The van der Waals surface area contributed by atoms with E-state index in [4.69, 9.17) is 0 Å². The standard InChI is InChI=1S/C23H23N5OS2/c1-15-9-10-18(11-16(15)2)26-19(29)13-30-22-20-21(24-14-25-22)27-23(31-20)28(3)12-17-7-5-4-6-8-17/h4-11,14H,12-13H2,1-3H3,(H,26,29). The Bertz CT molecular complexity index is 1210. The summed E-state index contributed by atoms with van der Waals surface area (Å²) in [5, 5.41) is 4.61. The molecule has 0 aliphatic carbocycles. The Balaban J connectivity index is 1.44. The summed E-state index contributed by atoms with van der Waals surface area (Å²) in [6.45, 7) is 4.85. The van der Waals surface area contributed by atoms with E-state index in [-0.39, 0.29) is 11.7 Å². The first-order valence-corrected chi connectivity index (χ1v) is 11.7. The summed E-state index contributed by atoms with van der Waals surface area (Å²) < 4.78 is 0.904. The van der Waals surface area contributed by atoms with Crippen LogP contribution in [0.4, 0.5) is 10.8 Å². The van der Waals surface area contributed by atoms with Crippen LogP contribution in [-0.4, -0.2) is 33.7 Å². The number of benzene rings is 2. The van der Waals surface area contributed by atoms with Crippen LogP contribution in [-0.2, 0) is 11.3 Å². The summed E-state index contributed by atoms with van der Waals surface area (Å²) in [5.41, 5.74) is 5.04. The second-order valence-corrected chi connectivity index (χ2v) is 9.25. The van der Waals surface area contributed by atoms with Crippen LogP contribution in [0.5, 0.6) is 0 Å². The molecule has 2 aromatic carbocycles. The van der Waals surface area contributed by atoms with Crippen molar-refractivity contribution in [3.05, 3.63) is 71.5 Å². The third-order valence-corrected chi connectivity index (χ3v) is 7.15. The van der Waals surface area contributed by atoms with E-state index in [0.717, 1.165) is 32.7 Å². The lowest BCUT2D eigenvalue weighted by Gasteiger charge is -2.15. The molecule has 2 aromatic heterocycles. The fraction of sp³-hybridized carbons (Fsp3) is 0.217. The van der Waals surface area contributed by atoms with Crippen molar-refractivity contribution in [2.24, 2.45) is 0 Å². The number of fused-ring (bicyclic) bond motifs is 1. The van der Waals surface area contributed by atoms with Crippen molar-refractivity contribution in [3.63, 3.8) is 0 Å². The number of rotatable bonds is 7. The van der Waals surface area contributed by atoms with Crippen LogP contribution < -0.4 is 10.2 Å². The molecule has 0 bridgehead atoms. The maximum absolute atomic E-state index is 12.4. The molecule has 0 saturated heterocycles. The molecule has 1 amide bonds. The molecule has 0 aliphatic rings. The lowest BCUT2D eigenvalue weighted by Crippen LogP contribution is -2.15. The molecule has 0 aliphatic heterocycles. The minimum absolute atomic E-state index is 0.0639. The molecule has 4 rings (SSSR count). The smallest absolute Gasteiger partial charge is 0.234 e. The first-order valence-electron chi connectivity index (χ1n) is 9.86. The molecule has 0 radical (unpaired) electrons. The fourth-order valence-electron chi connectivity index (χ4n) is 3.06. The SMILES string of the molecule is Cc1ccc(NC(=O)CSc2ncnc3nc(N(C)Cc4ccccc4)sc23)cc1C. The van der Waals surface area contributed by atoms with E-state index in [1.807, 2.05) is 50.4 Å². The molecule has 2 heterocycles. The third-order valence-electron chi connectivity index (χ3n) is 4.87. The van der Waals surface area contributed by atoms with E-state index in [1.165, 1.54) is 29.2 Å². The molecule has 4 aromatic rings. The zero-order valence-corrected chi connectivity index (χ0v) is 19.3. The number of nitrogens with one attached hydrogen (secondary N) is 1. The van der Waals surface area contributed by atoms with Crippen LogP contribution in [0, 0.1) is 13.8 Å². The predicted octanol–water partition coefficient (Wildman–Crippen LogP) is 5.07. The van der Waals surface area contributed by atoms with Gasteiger partial charge in [-0.1, -0.05) is 59.5 Å². The van der Waals surface area contributed by atoms with Gasteiger partial charge in [0.1, 0.15) is 16.1 Å². The highest BCUT2D eigenvalue weighted by Gasteiger charge is 2.15. The number of aromatic nitrogens is 3. The van der Waals surface area contributed by atoms with E-state index in [2.05, 4.69) is 44.2 Å². The molecule has 0 fully saturated rings. The van der Waals surface area contributed by atoms with Gasteiger partial charge in [-0.2, -0.15) is 4.98 Å². The molecule has 6 nitrogen and oxygen atoms in total. The van der Waals surface area contributed by atoms with E-state index in [1.54, 1.807) is 11.3 Å². The monoisotopic (exact) mass is 449 g/mol. The van der Waals surface area contributed by atoms with Crippen molar-refractivity contribution in [1.29, 1.82) is 0 Å². The third kappa shape index (κ3) is 5.21. The molecule has 0 atom stereocenters. The number of carbonyl (C=O) groups excluding carboxylic acids is 1. The summed E-state index contributed by atoms with van der Waals surface area (Å²) in [7, 11) is 2.02. The number of aryl methyl sites for hydroxylation is 2. The van der Waals surface area contributed by atoms with E-state index >= 15 is 0 Å². The number of thioether (sulfide) groups is 1. The molecular formula is C23H23N5OS2. The summed E-state index contributed by atoms with van der Waals surface area (Å²) in [5.74, 6) is 0.206. The minimum Gasteiger partial charge on any atom is -0.347 e. The lowest BCUT2D eigenvalue weighted by molar-refractivity contribution is -0.113. The normalized spacial score (nSPS) is 10.9. The van der Waals surface area contributed by atoms with Crippen LogP contribution in [0.1, 0.15) is 16.7 Å². The highest BCUT2D eigenvalue weighted by molar-refractivity contribution is 8.00. The summed E-state index contributed by atoms with van der Waals surface area (Å²) >= 11 is 2.95. The number of hydrogen-bond acceptors (Lipinski definition) is 7. The van der Waals surface area contributed by atoms with Crippen molar-refractivity contribution in [3.8, 4) is 0 Å². The van der Waals surface area contributed by atoms with Gasteiger partial charge < -0.3 is 10.2 Å². The quantitative estimate of drug-likeness (QED) is 0.314. The van der Waals surface area contributed by atoms with Gasteiger partial charge in [-0.15, -0.1) is 0 Å². The zero-order valence-electron chi connectivity index (χ0n) is 17.6. The largest absolute Gasteiger partial charge is 0.347 e. The van der Waals surface area contributed by atoms with Crippen molar-refractivity contribution in [1.82, 2.24) is 15.0 Å². The second-order valence-electron chi connectivity index (χ2n) is 7.31. The summed E-state index contributed by atoms with van der Waals surface area (Å²) in [6, 6.07) is 16.2. The molecular weight excluding hydrogens is 426 g/mol. The minimum atomic E-state index is -0.0639. The Morgan fingerprint density at radius 1 is 1.10 bits per heavy atom. The van der Waals surface area contributed by atoms with Gasteiger partial charge in [0.15, 0.2) is 10.8 Å². The van der Waals surface area contributed by atoms with E-state index in [9.17, 15) is 4.79 Å². The summed E-state index contributed by atoms with van der Waals surface area (Å²) in [4.78, 5) is 27.9. The molecule has 0 spiro atoms. The lowest BCUT2D eigenvalue weighted by atomic mass is 10.1. The maximum atomic E-state index is 12.4. The number of anilines is 2. The molecule has 0 unspecified atom stereocenters. The van der Waals surface area contributed by atoms with Gasteiger partial charge in [0.25, 0.3) is 0 Å². The molecule has 0 saturated carbocycles. The number of carbonyl (C=O) groups is 1. The first-order chi connectivity index (χ1) is 15.0. The average molecular weight is 450 g/mol. The van der Waals surface area contributed by atoms with E-state index in [0.29, 0.717) is 5.65 Å². The number of thiazole rings is 1. The highest BCUT2D eigenvalue weighted by atomic mass is 32.2. The Labute approximate surface area is 189 Å². The van der Waals surface area contributed by atoms with Crippen LogP contribution in [0.25, 0.3) is 10.3 Å². The van der Waals surface area contributed by atoms with Gasteiger partial charge in [-0.05, 0) is 42.7 Å². The van der Waals surface area contributed by atoms with Crippen molar-refractivity contribution in [2.45, 2.75) is 25.4 Å². The van der Waals surface area contributed by atoms with Crippen LogP contribution in [0.3, 0.4) is 0 Å². The fourth-order valence-corrected chi connectivity index (χ4v) is 4.91. The Kier molecular flexibility index (Phi) is 6.48. The van der Waals surface area contributed by atoms with Crippen LogP contribution in [0.2, 0.25) is 0 Å². The topological polar surface area (TPSA) is 71.0 Å². The highest BCUT2D eigenvalue weighted by Crippen LogP contribution is 2.33.